The third-order valence-electron chi connectivity index (χ3n) is 2.63. The van der Waals surface area contributed by atoms with Crippen LogP contribution >= 0.6 is 11.3 Å². The van der Waals surface area contributed by atoms with E-state index < -0.39 is 5.60 Å². The molecule has 0 saturated heterocycles. The number of nitrogen functional groups attached to an aromatic ring is 1. The fraction of sp³-hybridized carbons (Fsp3) is 0.667. The van der Waals surface area contributed by atoms with Gasteiger partial charge >= 0.3 is 0 Å². The molecule has 78 valence electrons. The van der Waals surface area contributed by atoms with Crippen molar-refractivity contribution in [3.8, 4) is 0 Å². The first-order valence-corrected chi connectivity index (χ1v) is 5.67. The molecule has 1 aromatic rings. The van der Waals surface area contributed by atoms with E-state index in [2.05, 4.69) is 10.3 Å². The van der Waals surface area contributed by atoms with E-state index in [1.54, 1.807) is 6.20 Å². The lowest BCUT2D eigenvalue weighted by Gasteiger charge is -2.21. The lowest BCUT2D eigenvalue weighted by atomic mass is 10.0. The first-order chi connectivity index (χ1) is 6.68. The van der Waals surface area contributed by atoms with Crippen LogP contribution in [0.2, 0.25) is 0 Å². The van der Waals surface area contributed by atoms with Gasteiger partial charge in [-0.25, -0.2) is 4.98 Å². The lowest BCUT2D eigenvalue weighted by Crippen LogP contribution is -2.33. The molecule has 14 heavy (non-hydrogen) atoms. The predicted molar refractivity (Wildman–Crippen MR) is 58.4 cm³/mol. The van der Waals surface area contributed by atoms with Crippen molar-refractivity contribution < 1.29 is 5.11 Å². The van der Waals surface area contributed by atoms with Crippen LogP contribution in [0.25, 0.3) is 0 Å². The zero-order valence-corrected chi connectivity index (χ0v) is 8.81. The van der Waals surface area contributed by atoms with Gasteiger partial charge in [0.05, 0.1) is 11.8 Å². The zero-order chi connectivity index (χ0) is 10.0. The van der Waals surface area contributed by atoms with Crippen molar-refractivity contribution in [1.82, 2.24) is 4.98 Å². The maximum absolute atomic E-state index is 10.0. The molecule has 1 aliphatic carbocycles. The lowest BCUT2D eigenvalue weighted by molar-refractivity contribution is 0.0615. The highest BCUT2D eigenvalue weighted by atomic mass is 32.1. The quantitative estimate of drug-likeness (QED) is 0.710. The summed E-state index contributed by atoms with van der Waals surface area (Å²) in [5, 5.41) is 14.7. The fourth-order valence-electron chi connectivity index (χ4n) is 1.82. The van der Waals surface area contributed by atoms with Crippen LogP contribution in [-0.4, -0.2) is 22.2 Å². The highest BCUT2D eigenvalue weighted by Gasteiger charge is 2.30. The zero-order valence-electron chi connectivity index (χ0n) is 7.99. The maximum Gasteiger partial charge on any atom is 0.184 e. The van der Waals surface area contributed by atoms with Gasteiger partial charge in [0.25, 0.3) is 0 Å². The second-order valence-corrected chi connectivity index (χ2v) is 4.92. The van der Waals surface area contributed by atoms with Gasteiger partial charge in [0, 0.05) is 6.54 Å². The molecule has 0 spiro atoms. The van der Waals surface area contributed by atoms with Crippen LogP contribution in [-0.2, 0) is 0 Å². The standard InChI is InChI=1S/C9H15N3OS/c10-7-5-11-8(14-7)12-6-9(13)3-1-2-4-9/h5,13H,1-4,6,10H2,(H,11,12). The minimum absolute atomic E-state index is 0.527. The Morgan fingerprint density at radius 2 is 2.29 bits per heavy atom. The minimum Gasteiger partial charge on any atom is -0.389 e. The molecule has 1 aliphatic rings. The highest BCUT2D eigenvalue weighted by Crippen LogP contribution is 2.30. The summed E-state index contributed by atoms with van der Waals surface area (Å²) < 4.78 is 0. The number of anilines is 2. The number of hydrogen-bond acceptors (Lipinski definition) is 5. The van der Waals surface area contributed by atoms with Crippen LogP contribution in [0.4, 0.5) is 10.1 Å². The molecular formula is C9H15N3OS. The molecule has 1 heterocycles. The fourth-order valence-corrected chi connectivity index (χ4v) is 2.40. The van der Waals surface area contributed by atoms with Crippen LogP contribution in [0.1, 0.15) is 25.7 Å². The van der Waals surface area contributed by atoms with E-state index in [1.165, 1.54) is 11.3 Å². The van der Waals surface area contributed by atoms with Gasteiger partial charge in [0.2, 0.25) is 0 Å². The molecule has 0 aliphatic heterocycles. The Bertz CT molecular complexity index is 307. The summed E-state index contributed by atoms with van der Waals surface area (Å²) in [4.78, 5) is 4.08. The van der Waals surface area contributed by atoms with E-state index in [1.807, 2.05) is 0 Å². The third-order valence-corrected chi connectivity index (χ3v) is 3.41. The largest absolute Gasteiger partial charge is 0.389 e. The number of nitrogens with two attached hydrogens (primary N) is 1. The number of rotatable bonds is 3. The monoisotopic (exact) mass is 213 g/mol. The van der Waals surface area contributed by atoms with Crippen molar-refractivity contribution in [2.45, 2.75) is 31.3 Å². The van der Waals surface area contributed by atoms with Crippen molar-refractivity contribution in [3.63, 3.8) is 0 Å². The van der Waals surface area contributed by atoms with Gasteiger partial charge in [-0.2, -0.15) is 0 Å². The summed E-state index contributed by atoms with van der Waals surface area (Å²) in [7, 11) is 0. The van der Waals surface area contributed by atoms with Gasteiger partial charge in [-0.05, 0) is 12.8 Å². The molecule has 2 rings (SSSR count). The highest BCUT2D eigenvalue weighted by molar-refractivity contribution is 7.19. The molecule has 4 nitrogen and oxygen atoms in total. The van der Waals surface area contributed by atoms with Crippen molar-refractivity contribution in [2.75, 3.05) is 17.6 Å². The second-order valence-electron chi connectivity index (χ2n) is 3.85. The number of hydrogen-bond donors (Lipinski definition) is 3. The molecule has 1 aromatic heterocycles. The number of thiazole rings is 1. The topological polar surface area (TPSA) is 71.2 Å². The molecule has 1 fully saturated rings. The van der Waals surface area contributed by atoms with Crippen LogP contribution in [0, 0.1) is 0 Å². The molecule has 0 atom stereocenters. The smallest absolute Gasteiger partial charge is 0.184 e. The summed E-state index contributed by atoms with van der Waals surface area (Å²) in [6, 6.07) is 0. The summed E-state index contributed by atoms with van der Waals surface area (Å²) >= 11 is 1.41. The van der Waals surface area contributed by atoms with E-state index in [4.69, 9.17) is 5.73 Å². The summed E-state index contributed by atoms with van der Waals surface area (Å²) in [5.41, 5.74) is 5.02. The Morgan fingerprint density at radius 3 is 2.86 bits per heavy atom. The average molecular weight is 213 g/mol. The molecule has 0 radical (unpaired) electrons. The predicted octanol–water partition coefficient (Wildman–Crippen LogP) is 1.44. The van der Waals surface area contributed by atoms with E-state index in [-0.39, 0.29) is 0 Å². The van der Waals surface area contributed by atoms with Gasteiger partial charge in [0.15, 0.2) is 5.13 Å². The van der Waals surface area contributed by atoms with Crippen molar-refractivity contribution in [1.29, 1.82) is 0 Å². The van der Waals surface area contributed by atoms with Gasteiger partial charge in [-0.15, -0.1) is 0 Å². The number of aromatic nitrogens is 1. The SMILES string of the molecule is Nc1cnc(NCC2(O)CCCC2)s1. The molecule has 1 saturated carbocycles. The van der Waals surface area contributed by atoms with E-state index >= 15 is 0 Å². The molecular weight excluding hydrogens is 198 g/mol. The van der Waals surface area contributed by atoms with Gasteiger partial charge in [0.1, 0.15) is 5.00 Å². The Labute approximate surface area is 87.2 Å². The normalized spacial score (nSPS) is 19.8. The van der Waals surface area contributed by atoms with Crippen molar-refractivity contribution in [3.05, 3.63) is 6.20 Å². The average Bonchev–Trinajstić information content (AvgIpc) is 2.73. The molecule has 5 heteroatoms. The molecule has 0 amide bonds. The van der Waals surface area contributed by atoms with Crippen LogP contribution < -0.4 is 11.1 Å². The Hall–Kier alpha value is -0.810. The van der Waals surface area contributed by atoms with Crippen LogP contribution in [0.5, 0.6) is 0 Å². The van der Waals surface area contributed by atoms with Crippen LogP contribution in [0.3, 0.4) is 0 Å². The van der Waals surface area contributed by atoms with Crippen molar-refractivity contribution >= 4 is 21.5 Å². The Kier molecular flexibility index (Phi) is 2.60. The number of nitrogens with zero attached hydrogens (tertiary/aromatic N) is 1. The maximum atomic E-state index is 10.0. The number of aliphatic hydroxyl groups is 1. The van der Waals surface area contributed by atoms with E-state index in [0.717, 1.165) is 30.8 Å². The van der Waals surface area contributed by atoms with Gasteiger partial charge < -0.3 is 16.2 Å². The van der Waals surface area contributed by atoms with Crippen molar-refractivity contribution in [2.24, 2.45) is 0 Å². The Balaban J connectivity index is 1.87. The summed E-state index contributed by atoms with van der Waals surface area (Å²) in [6.45, 7) is 0.583. The first kappa shape index (κ1) is 9.73. The molecule has 0 bridgehead atoms. The van der Waals surface area contributed by atoms with E-state index in [0.29, 0.717) is 11.5 Å². The number of nitrogens with one attached hydrogen (secondary N) is 1. The summed E-state index contributed by atoms with van der Waals surface area (Å²) in [6.07, 6.45) is 5.66. The molecule has 0 aromatic carbocycles. The van der Waals surface area contributed by atoms with E-state index in [9.17, 15) is 5.11 Å². The first-order valence-electron chi connectivity index (χ1n) is 4.86. The molecule has 4 N–H and O–H groups in total. The van der Waals surface area contributed by atoms with Crippen LogP contribution in [0.15, 0.2) is 6.20 Å². The van der Waals surface area contributed by atoms with Gasteiger partial charge in [-0.3, -0.25) is 0 Å². The van der Waals surface area contributed by atoms with Gasteiger partial charge in [-0.1, -0.05) is 24.2 Å². The summed E-state index contributed by atoms with van der Waals surface area (Å²) in [5.74, 6) is 0. The third kappa shape index (κ3) is 2.16. The Morgan fingerprint density at radius 1 is 1.57 bits per heavy atom. The molecule has 0 unspecified atom stereocenters. The second kappa shape index (κ2) is 3.74. The minimum atomic E-state index is -0.527.